The molecule has 4 nitrogen and oxygen atoms in total. The molecule has 0 saturated heterocycles. The number of ether oxygens (including phenoxy) is 3. The third-order valence-electron chi connectivity index (χ3n) is 2.71. The minimum absolute atomic E-state index is 0.633. The van der Waals surface area contributed by atoms with Crippen molar-refractivity contribution in [3.63, 3.8) is 0 Å². The molecule has 1 aromatic carbocycles. The second-order valence-electron chi connectivity index (χ2n) is 3.81. The van der Waals surface area contributed by atoms with E-state index in [0.29, 0.717) is 13.2 Å². The van der Waals surface area contributed by atoms with Gasteiger partial charge in [-0.2, -0.15) is 0 Å². The quantitative estimate of drug-likeness (QED) is 0.735. The Morgan fingerprint density at radius 3 is 2.24 bits per heavy atom. The molecule has 1 aromatic rings. The average Bonchev–Trinajstić information content (AvgIpc) is 2.35. The van der Waals surface area contributed by atoms with Gasteiger partial charge in [-0.1, -0.05) is 6.07 Å². The summed E-state index contributed by atoms with van der Waals surface area (Å²) in [6.07, 6.45) is 1.58. The van der Waals surface area contributed by atoms with E-state index in [0.717, 1.165) is 35.4 Å². The van der Waals surface area contributed by atoms with Crippen molar-refractivity contribution in [2.75, 3.05) is 40.3 Å². The normalized spacial score (nSPS) is 10.5. The molecule has 0 aromatic heterocycles. The zero-order chi connectivity index (χ0) is 12.7. The standard InChI is InChI=1S/C13H21NO3/c1-15-8-6-10-4-5-12(14)11(7-9-16-2)13(10)17-3/h4-5H,6-9,14H2,1-3H3. The third-order valence-corrected chi connectivity index (χ3v) is 2.71. The average molecular weight is 239 g/mol. The van der Waals surface area contributed by atoms with Crippen LogP contribution in [0.4, 0.5) is 5.69 Å². The Morgan fingerprint density at radius 2 is 1.65 bits per heavy atom. The van der Waals surface area contributed by atoms with Gasteiger partial charge in [-0.05, 0) is 18.1 Å². The van der Waals surface area contributed by atoms with Crippen molar-refractivity contribution in [1.29, 1.82) is 0 Å². The topological polar surface area (TPSA) is 53.7 Å². The lowest BCUT2D eigenvalue weighted by Gasteiger charge is -2.15. The first kappa shape index (κ1) is 13.8. The first-order chi connectivity index (χ1) is 8.24. The first-order valence-corrected chi connectivity index (χ1v) is 5.66. The van der Waals surface area contributed by atoms with Gasteiger partial charge in [0.2, 0.25) is 0 Å². The van der Waals surface area contributed by atoms with E-state index < -0.39 is 0 Å². The summed E-state index contributed by atoms with van der Waals surface area (Å²) in [5.41, 5.74) is 8.86. The molecule has 96 valence electrons. The highest BCUT2D eigenvalue weighted by Gasteiger charge is 2.12. The predicted molar refractivity (Wildman–Crippen MR) is 68.6 cm³/mol. The Balaban J connectivity index is 2.98. The summed E-state index contributed by atoms with van der Waals surface area (Å²) in [4.78, 5) is 0. The van der Waals surface area contributed by atoms with E-state index >= 15 is 0 Å². The van der Waals surface area contributed by atoms with E-state index in [1.807, 2.05) is 12.1 Å². The van der Waals surface area contributed by atoms with Crippen LogP contribution >= 0.6 is 0 Å². The van der Waals surface area contributed by atoms with E-state index in [2.05, 4.69) is 0 Å². The largest absolute Gasteiger partial charge is 0.496 e. The molecule has 0 radical (unpaired) electrons. The Labute approximate surface area is 103 Å². The lowest BCUT2D eigenvalue weighted by Crippen LogP contribution is -2.06. The number of nitrogens with two attached hydrogens (primary N) is 1. The second-order valence-corrected chi connectivity index (χ2v) is 3.81. The van der Waals surface area contributed by atoms with Crippen LogP contribution in [0.2, 0.25) is 0 Å². The van der Waals surface area contributed by atoms with Gasteiger partial charge in [0, 0.05) is 31.9 Å². The minimum atomic E-state index is 0.633. The van der Waals surface area contributed by atoms with Gasteiger partial charge in [0.25, 0.3) is 0 Å². The van der Waals surface area contributed by atoms with Crippen LogP contribution < -0.4 is 10.5 Å². The van der Waals surface area contributed by atoms with Gasteiger partial charge in [0.05, 0.1) is 20.3 Å². The number of hydrogen-bond donors (Lipinski definition) is 1. The fraction of sp³-hybridized carbons (Fsp3) is 0.538. The van der Waals surface area contributed by atoms with Gasteiger partial charge in [0.15, 0.2) is 0 Å². The van der Waals surface area contributed by atoms with Gasteiger partial charge in [-0.25, -0.2) is 0 Å². The molecule has 1 rings (SSSR count). The molecule has 0 fully saturated rings. The van der Waals surface area contributed by atoms with Crippen LogP contribution in [-0.4, -0.2) is 34.5 Å². The molecule has 0 unspecified atom stereocenters. The SMILES string of the molecule is COCCc1ccc(N)c(CCOC)c1OC. The maximum Gasteiger partial charge on any atom is 0.127 e. The molecule has 0 aliphatic rings. The van der Waals surface area contributed by atoms with Crippen LogP contribution in [0.25, 0.3) is 0 Å². The maximum atomic E-state index is 5.97. The number of anilines is 1. The third kappa shape index (κ3) is 3.61. The highest BCUT2D eigenvalue weighted by Crippen LogP contribution is 2.29. The zero-order valence-corrected chi connectivity index (χ0v) is 10.8. The predicted octanol–water partition coefficient (Wildman–Crippen LogP) is 1.66. The van der Waals surface area contributed by atoms with Crippen LogP contribution in [0.3, 0.4) is 0 Å². The van der Waals surface area contributed by atoms with Crippen molar-refractivity contribution in [2.45, 2.75) is 12.8 Å². The first-order valence-electron chi connectivity index (χ1n) is 5.66. The monoisotopic (exact) mass is 239 g/mol. The highest BCUT2D eigenvalue weighted by molar-refractivity contribution is 5.58. The smallest absolute Gasteiger partial charge is 0.127 e. The van der Waals surface area contributed by atoms with Crippen molar-refractivity contribution < 1.29 is 14.2 Å². The van der Waals surface area contributed by atoms with Crippen molar-refractivity contribution in [2.24, 2.45) is 0 Å². The van der Waals surface area contributed by atoms with E-state index in [9.17, 15) is 0 Å². The molecule has 0 bridgehead atoms. The highest BCUT2D eigenvalue weighted by atomic mass is 16.5. The summed E-state index contributed by atoms with van der Waals surface area (Å²) >= 11 is 0. The molecule has 0 aliphatic heterocycles. The molecule has 4 heteroatoms. The number of rotatable bonds is 7. The van der Waals surface area contributed by atoms with Crippen LogP contribution in [0.5, 0.6) is 5.75 Å². The number of nitrogen functional groups attached to an aromatic ring is 1. The molecule has 17 heavy (non-hydrogen) atoms. The fourth-order valence-corrected chi connectivity index (χ4v) is 1.82. The lowest BCUT2D eigenvalue weighted by molar-refractivity contribution is 0.199. The van der Waals surface area contributed by atoms with Gasteiger partial charge < -0.3 is 19.9 Å². The summed E-state index contributed by atoms with van der Waals surface area (Å²) in [7, 11) is 5.04. The maximum absolute atomic E-state index is 5.97. The van der Waals surface area contributed by atoms with Crippen LogP contribution in [0.1, 0.15) is 11.1 Å². The van der Waals surface area contributed by atoms with Crippen molar-refractivity contribution >= 4 is 5.69 Å². The molecule has 0 spiro atoms. The fourth-order valence-electron chi connectivity index (χ4n) is 1.82. The number of benzene rings is 1. The van der Waals surface area contributed by atoms with Crippen LogP contribution in [-0.2, 0) is 22.3 Å². The minimum Gasteiger partial charge on any atom is -0.496 e. The Kier molecular flexibility index (Phi) is 5.80. The van der Waals surface area contributed by atoms with Crippen molar-refractivity contribution in [3.05, 3.63) is 23.3 Å². The summed E-state index contributed by atoms with van der Waals surface area (Å²) in [5.74, 6) is 0.860. The lowest BCUT2D eigenvalue weighted by atomic mass is 10.0. The molecule has 2 N–H and O–H groups in total. The van der Waals surface area contributed by atoms with Crippen LogP contribution in [0, 0.1) is 0 Å². The zero-order valence-electron chi connectivity index (χ0n) is 10.8. The van der Waals surface area contributed by atoms with Crippen molar-refractivity contribution in [3.8, 4) is 5.75 Å². The number of methoxy groups -OCH3 is 3. The van der Waals surface area contributed by atoms with E-state index in [4.69, 9.17) is 19.9 Å². The van der Waals surface area contributed by atoms with Gasteiger partial charge >= 0.3 is 0 Å². The molecule has 0 aliphatic carbocycles. The molecule has 0 saturated carbocycles. The van der Waals surface area contributed by atoms with Gasteiger partial charge in [-0.3, -0.25) is 0 Å². The summed E-state index contributed by atoms with van der Waals surface area (Å²) in [6.45, 7) is 1.30. The Hall–Kier alpha value is -1.26. The van der Waals surface area contributed by atoms with E-state index in [1.165, 1.54) is 0 Å². The van der Waals surface area contributed by atoms with Crippen molar-refractivity contribution in [1.82, 2.24) is 0 Å². The summed E-state index contributed by atoms with van der Waals surface area (Å²) in [5, 5.41) is 0. The molecule has 0 heterocycles. The summed E-state index contributed by atoms with van der Waals surface area (Å²) < 4.78 is 15.6. The Morgan fingerprint density at radius 1 is 1.00 bits per heavy atom. The Bertz CT molecular complexity index is 353. The molecular weight excluding hydrogens is 218 g/mol. The van der Waals surface area contributed by atoms with Gasteiger partial charge in [0.1, 0.15) is 5.75 Å². The van der Waals surface area contributed by atoms with Gasteiger partial charge in [-0.15, -0.1) is 0 Å². The number of hydrogen-bond acceptors (Lipinski definition) is 4. The van der Waals surface area contributed by atoms with E-state index in [-0.39, 0.29) is 0 Å². The van der Waals surface area contributed by atoms with E-state index in [1.54, 1.807) is 21.3 Å². The molecule has 0 amide bonds. The van der Waals surface area contributed by atoms with Crippen LogP contribution in [0.15, 0.2) is 12.1 Å². The second kappa shape index (κ2) is 7.14. The summed E-state index contributed by atoms with van der Waals surface area (Å²) in [6, 6.07) is 3.90. The molecular formula is C13H21NO3. The molecule has 0 atom stereocenters.